The number of methoxy groups -OCH3 is 1. The number of fused-ring (bicyclic) bond motifs is 4. The second-order valence-electron chi connectivity index (χ2n) is 7.10. The Morgan fingerprint density at radius 2 is 1.91 bits per heavy atom. The van der Waals surface area contributed by atoms with E-state index in [1.807, 2.05) is 24.3 Å². The van der Waals surface area contributed by atoms with Crippen molar-refractivity contribution < 1.29 is 9.72 Å². The minimum atomic E-state index is -0.200. The number of aromatic amines is 1. The van der Waals surface area contributed by atoms with Gasteiger partial charge in [0.05, 0.1) is 40.4 Å². The van der Waals surface area contributed by atoms with E-state index in [9.17, 15) is 4.79 Å². The molecular weight excluding hydrogens is 451 g/mol. The van der Waals surface area contributed by atoms with Gasteiger partial charge in [-0.15, -0.1) is 9.78 Å². The number of halogens is 2. The van der Waals surface area contributed by atoms with Crippen molar-refractivity contribution in [2.75, 3.05) is 13.7 Å². The maximum atomic E-state index is 13.3. The third-order valence-electron chi connectivity index (χ3n) is 5.07. The molecule has 0 radical (unpaired) electrons. The fourth-order valence-corrected chi connectivity index (χ4v) is 3.80. The fourth-order valence-electron chi connectivity index (χ4n) is 3.49. The molecule has 10 heteroatoms. The van der Waals surface area contributed by atoms with Crippen molar-refractivity contribution in [3.63, 3.8) is 0 Å². The SMILES string of the molecule is COCCn1c[nH+]c2c(c1=O)c1nc3ccccc3nc1n2N=Cc1ccc(Cl)c(Cl)c1. The van der Waals surface area contributed by atoms with Crippen LogP contribution in [-0.2, 0) is 11.3 Å². The van der Waals surface area contributed by atoms with Crippen LogP contribution < -0.4 is 10.5 Å². The highest BCUT2D eigenvalue weighted by Crippen LogP contribution is 2.25. The van der Waals surface area contributed by atoms with Crippen molar-refractivity contribution in [1.29, 1.82) is 0 Å². The second-order valence-corrected chi connectivity index (χ2v) is 7.92. The highest BCUT2D eigenvalue weighted by Gasteiger charge is 2.24. The van der Waals surface area contributed by atoms with E-state index in [1.165, 1.54) is 0 Å². The number of hydrogen-bond donors (Lipinski definition) is 0. The topological polar surface area (TPSA) is 88.4 Å². The molecule has 160 valence electrons. The maximum Gasteiger partial charge on any atom is 0.322 e. The highest BCUT2D eigenvalue weighted by molar-refractivity contribution is 6.42. The molecule has 0 aliphatic rings. The lowest BCUT2D eigenvalue weighted by Crippen LogP contribution is -2.28. The summed E-state index contributed by atoms with van der Waals surface area (Å²) in [7, 11) is 1.59. The Bertz CT molecular complexity index is 1570. The molecule has 0 unspecified atom stereocenters. The van der Waals surface area contributed by atoms with Gasteiger partial charge in [-0.25, -0.2) is 24.3 Å². The Hall–Kier alpha value is -3.33. The smallest absolute Gasteiger partial charge is 0.322 e. The second kappa shape index (κ2) is 8.31. The number of nitrogens with zero attached hydrogens (tertiary/aromatic N) is 5. The summed E-state index contributed by atoms with van der Waals surface area (Å²) < 4.78 is 8.25. The van der Waals surface area contributed by atoms with E-state index >= 15 is 0 Å². The minimum absolute atomic E-state index is 0.200. The van der Waals surface area contributed by atoms with Gasteiger partial charge in [0.15, 0.2) is 11.7 Å². The number of aromatic nitrogens is 5. The highest BCUT2D eigenvalue weighted by atomic mass is 35.5. The van der Waals surface area contributed by atoms with Crippen LogP contribution in [0.5, 0.6) is 0 Å². The predicted molar refractivity (Wildman–Crippen MR) is 125 cm³/mol. The Morgan fingerprint density at radius 1 is 1.12 bits per heavy atom. The lowest BCUT2D eigenvalue weighted by Gasteiger charge is -1.99. The molecule has 0 bridgehead atoms. The molecule has 5 rings (SSSR count). The summed E-state index contributed by atoms with van der Waals surface area (Å²) in [5.41, 5.74) is 3.37. The van der Waals surface area contributed by atoms with Crippen molar-refractivity contribution in [3.05, 3.63) is 74.8 Å². The Morgan fingerprint density at radius 3 is 2.66 bits per heavy atom. The molecule has 32 heavy (non-hydrogen) atoms. The molecule has 1 N–H and O–H groups in total. The van der Waals surface area contributed by atoms with Gasteiger partial charge in [0, 0.05) is 7.11 Å². The molecule has 0 amide bonds. The number of nitrogens with one attached hydrogen (secondary N) is 1. The van der Waals surface area contributed by atoms with Gasteiger partial charge in [-0.2, -0.15) is 0 Å². The summed E-state index contributed by atoms with van der Waals surface area (Å²) in [6.07, 6.45) is 3.23. The van der Waals surface area contributed by atoms with E-state index in [0.717, 1.165) is 5.56 Å². The molecular formula is C22H17Cl2N6O2+. The van der Waals surface area contributed by atoms with Gasteiger partial charge >= 0.3 is 5.56 Å². The normalized spacial score (nSPS) is 12.0. The lowest BCUT2D eigenvalue weighted by molar-refractivity contribution is -0.357. The lowest BCUT2D eigenvalue weighted by atomic mass is 10.2. The van der Waals surface area contributed by atoms with E-state index in [0.29, 0.717) is 56.4 Å². The van der Waals surface area contributed by atoms with Crippen LogP contribution in [-0.4, -0.2) is 39.1 Å². The first-order valence-electron chi connectivity index (χ1n) is 9.77. The molecule has 5 aromatic rings. The van der Waals surface area contributed by atoms with Gasteiger partial charge in [0.25, 0.3) is 5.65 Å². The van der Waals surface area contributed by atoms with Gasteiger partial charge in [-0.3, -0.25) is 0 Å². The number of H-pyrrole nitrogens is 1. The standard InChI is InChI=1S/C22H16Cl2N6O2/c1-32-9-8-29-12-25-20-18(22(29)31)19-21(28-17-5-3-2-4-16(17)27-19)30(20)26-11-13-6-7-14(23)15(24)10-13/h2-7,10-12H,8-9H2,1H3/p+1. The molecule has 3 heterocycles. The van der Waals surface area contributed by atoms with Crippen LogP contribution in [0.3, 0.4) is 0 Å². The molecule has 0 aliphatic heterocycles. The third kappa shape index (κ3) is 3.52. The Kier molecular flexibility index (Phi) is 5.34. The first-order valence-corrected chi connectivity index (χ1v) is 10.5. The molecule has 0 aliphatic carbocycles. The summed E-state index contributed by atoms with van der Waals surface area (Å²) in [6, 6.07) is 12.7. The Labute approximate surface area is 191 Å². The van der Waals surface area contributed by atoms with Crippen LogP contribution in [0, 0.1) is 0 Å². The minimum Gasteiger partial charge on any atom is -0.381 e. The van der Waals surface area contributed by atoms with Crippen LogP contribution in [0.4, 0.5) is 0 Å². The number of rotatable bonds is 5. The summed E-state index contributed by atoms with van der Waals surface area (Å²) >= 11 is 12.1. The molecule has 0 saturated heterocycles. The molecule has 8 nitrogen and oxygen atoms in total. The number of para-hydroxylation sites is 2. The van der Waals surface area contributed by atoms with Gasteiger partial charge in [0.1, 0.15) is 5.52 Å². The molecule has 3 aromatic heterocycles. The van der Waals surface area contributed by atoms with E-state index in [1.54, 1.807) is 47.1 Å². The summed E-state index contributed by atoms with van der Waals surface area (Å²) in [5, 5.41) is 5.88. The van der Waals surface area contributed by atoms with Gasteiger partial charge in [-0.05, 0) is 29.8 Å². The number of benzene rings is 2. The molecule has 0 atom stereocenters. The zero-order valence-corrected chi connectivity index (χ0v) is 18.4. The van der Waals surface area contributed by atoms with Gasteiger partial charge in [0.2, 0.25) is 5.65 Å². The van der Waals surface area contributed by atoms with Crippen molar-refractivity contribution in [2.24, 2.45) is 5.10 Å². The molecule has 0 fully saturated rings. The van der Waals surface area contributed by atoms with E-state index < -0.39 is 0 Å². The van der Waals surface area contributed by atoms with E-state index in [4.69, 9.17) is 37.9 Å². The third-order valence-corrected chi connectivity index (χ3v) is 5.81. The van der Waals surface area contributed by atoms with Gasteiger partial charge < -0.3 is 4.74 Å². The first-order chi connectivity index (χ1) is 15.6. The van der Waals surface area contributed by atoms with Gasteiger partial charge in [-0.1, -0.05) is 41.4 Å². The zero-order valence-electron chi connectivity index (χ0n) is 16.9. The van der Waals surface area contributed by atoms with Crippen LogP contribution in [0.25, 0.3) is 33.2 Å². The van der Waals surface area contributed by atoms with Crippen LogP contribution >= 0.6 is 23.2 Å². The summed E-state index contributed by atoms with van der Waals surface area (Å²) in [6.45, 7) is 0.810. The zero-order chi connectivity index (χ0) is 22.2. The molecule has 0 spiro atoms. The molecule has 2 aromatic carbocycles. The molecule has 0 saturated carbocycles. The summed E-state index contributed by atoms with van der Waals surface area (Å²) in [5.74, 6) is 0. The van der Waals surface area contributed by atoms with Crippen LogP contribution in [0.1, 0.15) is 5.56 Å². The van der Waals surface area contributed by atoms with E-state index in [2.05, 4.69) is 10.1 Å². The van der Waals surface area contributed by atoms with Crippen molar-refractivity contribution in [3.8, 4) is 0 Å². The van der Waals surface area contributed by atoms with Crippen molar-refractivity contribution in [1.82, 2.24) is 19.2 Å². The average Bonchev–Trinajstić information content (AvgIpc) is 3.11. The fraction of sp³-hybridized carbons (Fsp3) is 0.136. The Balaban J connectivity index is 1.78. The average molecular weight is 468 g/mol. The van der Waals surface area contributed by atoms with Crippen molar-refractivity contribution in [2.45, 2.75) is 6.54 Å². The first kappa shape index (κ1) is 20.6. The van der Waals surface area contributed by atoms with Crippen LogP contribution in [0.2, 0.25) is 10.0 Å². The predicted octanol–water partition coefficient (Wildman–Crippen LogP) is 3.55. The summed E-state index contributed by atoms with van der Waals surface area (Å²) in [4.78, 5) is 25.9. The van der Waals surface area contributed by atoms with Crippen molar-refractivity contribution >= 4 is 62.6 Å². The maximum absolute atomic E-state index is 13.3. The van der Waals surface area contributed by atoms with E-state index in [-0.39, 0.29) is 5.56 Å². The number of ether oxygens (including phenoxy) is 1. The largest absolute Gasteiger partial charge is 0.381 e. The monoisotopic (exact) mass is 467 g/mol. The number of hydrogen-bond acceptors (Lipinski definition) is 5. The van der Waals surface area contributed by atoms with Crippen LogP contribution in [0.15, 0.2) is 58.7 Å². The quantitative estimate of drug-likeness (QED) is 0.369.